The van der Waals surface area contributed by atoms with Crippen molar-refractivity contribution in [3.8, 4) is 6.07 Å². The van der Waals surface area contributed by atoms with E-state index in [-0.39, 0.29) is 6.04 Å². The molecule has 1 heterocycles. The van der Waals surface area contributed by atoms with Crippen molar-refractivity contribution in [1.82, 2.24) is 5.32 Å². The van der Waals surface area contributed by atoms with Crippen LogP contribution < -0.4 is 10.6 Å². The molecule has 1 aromatic carbocycles. The Morgan fingerprint density at radius 2 is 2.21 bits per heavy atom. The second-order valence-corrected chi connectivity index (χ2v) is 4.56. The van der Waals surface area contributed by atoms with E-state index >= 15 is 0 Å². The van der Waals surface area contributed by atoms with E-state index in [2.05, 4.69) is 10.6 Å². The Labute approximate surface area is 112 Å². The minimum Gasteiger partial charge on any atom is -0.448 e. The lowest BCUT2D eigenvalue weighted by molar-refractivity contribution is 0.141. The highest BCUT2D eigenvalue weighted by molar-refractivity contribution is 5.84. The van der Waals surface area contributed by atoms with Gasteiger partial charge in [0.25, 0.3) is 0 Å². The molecule has 0 saturated carbocycles. The Balaban J connectivity index is 1.75. The fourth-order valence-electron chi connectivity index (χ4n) is 2.02. The third-order valence-electron chi connectivity index (χ3n) is 3.09. The van der Waals surface area contributed by atoms with Crippen LogP contribution >= 0.6 is 0 Å². The number of carbonyl (C=O) groups is 1. The molecular weight excluding hydrogens is 242 g/mol. The number of anilines is 1. The van der Waals surface area contributed by atoms with Crippen LogP contribution in [0, 0.1) is 11.3 Å². The fourth-order valence-corrected chi connectivity index (χ4v) is 2.02. The average molecular weight is 259 g/mol. The predicted molar refractivity (Wildman–Crippen MR) is 71.8 cm³/mol. The van der Waals surface area contributed by atoms with Crippen LogP contribution in [-0.2, 0) is 4.74 Å². The SMILES string of the molecule is N#Cc1ccc(NC(=O)OCC2CCCCN2)cc1. The summed E-state index contributed by atoms with van der Waals surface area (Å²) >= 11 is 0. The zero-order valence-corrected chi connectivity index (χ0v) is 10.7. The van der Waals surface area contributed by atoms with Gasteiger partial charge in [-0.2, -0.15) is 5.26 Å². The molecule has 0 aliphatic carbocycles. The summed E-state index contributed by atoms with van der Waals surface area (Å²) in [6, 6.07) is 8.95. The number of benzene rings is 1. The van der Waals surface area contributed by atoms with E-state index in [1.807, 2.05) is 6.07 Å². The van der Waals surface area contributed by atoms with Crippen LogP contribution in [0.4, 0.5) is 10.5 Å². The van der Waals surface area contributed by atoms with Crippen LogP contribution in [0.5, 0.6) is 0 Å². The molecule has 1 saturated heterocycles. The first-order valence-electron chi connectivity index (χ1n) is 6.45. The highest BCUT2D eigenvalue weighted by atomic mass is 16.5. The molecule has 1 unspecified atom stereocenters. The molecule has 1 fully saturated rings. The van der Waals surface area contributed by atoms with Crippen molar-refractivity contribution >= 4 is 11.8 Å². The maximum atomic E-state index is 11.6. The maximum absolute atomic E-state index is 11.6. The zero-order valence-electron chi connectivity index (χ0n) is 10.7. The number of nitriles is 1. The van der Waals surface area contributed by atoms with Crippen molar-refractivity contribution in [3.63, 3.8) is 0 Å². The van der Waals surface area contributed by atoms with Gasteiger partial charge in [-0.25, -0.2) is 4.79 Å². The normalized spacial score (nSPS) is 18.4. The van der Waals surface area contributed by atoms with E-state index in [0.29, 0.717) is 17.9 Å². The van der Waals surface area contributed by atoms with Gasteiger partial charge in [0.15, 0.2) is 0 Å². The first kappa shape index (κ1) is 13.4. The number of carbonyl (C=O) groups excluding carboxylic acids is 1. The van der Waals surface area contributed by atoms with E-state index in [1.165, 1.54) is 12.8 Å². The first-order chi connectivity index (χ1) is 9.28. The molecule has 1 aliphatic heterocycles. The number of hydrogen-bond donors (Lipinski definition) is 2. The molecular formula is C14H17N3O2. The summed E-state index contributed by atoms with van der Waals surface area (Å²) in [4.78, 5) is 11.6. The lowest BCUT2D eigenvalue weighted by Gasteiger charge is -2.22. The number of hydrogen-bond acceptors (Lipinski definition) is 4. The van der Waals surface area contributed by atoms with E-state index in [4.69, 9.17) is 10.00 Å². The Bertz CT molecular complexity index is 459. The van der Waals surface area contributed by atoms with Crippen molar-refractivity contribution in [3.05, 3.63) is 29.8 Å². The van der Waals surface area contributed by atoms with Gasteiger partial charge in [-0.1, -0.05) is 6.42 Å². The lowest BCUT2D eigenvalue weighted by atomic mass is 10.1. The summed E-state index contributed by atoms with van der Waals surface area (Å²) in [6.07, 6.45) is 2.95. The maximum Gasteiger partial charge on any atom is 0.411 e. The fraction of sp³-hybridized carbons (Fsp3) is 0.429. The molecule has 1 amide bonds. The zero-order chi connectivity index (χ0) is 13.5. The van der Waals surface area contributed by atoms with Crippen LogP contribution in [0.25, 0.3) is 0 Å². The minimum atomic E-state index is -0.461. The second-order valence-electron chi connectivity index (χ2n) is 4.56. The van der Waals surface area contributed by atoms with Gasteiger partial charge >= 0.3 is 6.09 Å². The molecule has 5 heteroatoms. The molecule has 0 radical (unpaired) electrons. The standard InChI is InChI=1S/C14H17N3O2/c15-9-11-4-6-12(7-5-11)17-14(18)19-10-13-3-1-2-8-16-13/h4-7,13,16H,1-3,8,10H2,(H,17,18). The van der Waals surface area contributed by atoms with E-state index < -0.39 is 6.09 Å². The van der Waals surface area contributed by atoms with Gasteiger partial charge in [-0.15, -0.1) is 0 Å². The number of nitrogens with one attached hydrogen (secondary N) is 2. The topological polar surface area (TPSA) is 74.2 Å². The summed E-state index contributed by atoms with van der Waals surface area (Å²) in [7, 11) is 0. The van der Waals surface area contributed by atoms with Gasteiger partial charge in [-0.3, -0.25) is 5.32 Å². The molecule has 0 spiro atoms. The van der Waals surface area contributed by atoms with Crippen LogP contribution in [0.2, 0.25) is 0 Å². The number of rotatable bonds is 3. The van der Waals surface area contributed by atoms with Gasteiger partial charge in [0.1, 0.15) is 6.61 Å². The number of ether oxygens (including phenoxy) is 1. The smallest absolute Gasteiger partial charge is 0.411 e. The summed E-state index contributed by atoms with van der Waals surface area (Å²) in [5.41, 5.74) is 1.19. The minimum absolute atomic E-state index is 0.264. The number of piperidine rings is 1. The van der Waals surface area contributed by atoms with E-state index in [9.17, 15) is 4.79 Å². The highest BCUT2D eigenvalue weighted by Crippen LogP contribution is 2.10. The van der Waals surface area contributed by atoms with Gasteiger partial charge < -0.3 is 10.1 Å². The van der Waals surface area contributed by atoms with Gasteiger partial charge in [-0.05, 0) is 43.7 Å². The Morgan fingerprint density at radius 1 is 1.42 bits per heavy atom. The van der Waals surface area contributed by atoms with Crippen LogP contribution in [-0.4, -0.2) is 25.3 Å². The molecule has 0 aromatic heterocycles. The molecule has 5 nitrogen and oxygen atoms in total. The van der Waals surface area contributed by atoms with Gasteiger partial charge in [0, 0.05) is 11.7 Å². The van der Waals surface area contributed by atoms with Gasteiger partial charge in [0.05, 0.1) is 11.6 Å². The van der Waals surface area contributed by atoms with Crippen molar-refractivity contribution in [1.29, 1.82) is 5.26 Å². The lowest BCUT2D eigenvalue weighted by Crippen LogP contribution is -2.38. The van der Waals surface area contributed by atoms with Crippen LogP contribution in [0.3, 0.4) is 0 Å². The quantitative estimate of drug-likeness (QED) is 0.873. The van der Waals surface area contributed by atoms with E-state index in [0.717, 1.165) is 13.0 Å². The molecule has 100 valence electrons. The number of nitrogens with zero attached hydrogens (tertiary/aromatic N) is 1. The molecule has 19 heavy (non-hydrogen) atoms. The van der Waals surface area contributed by atoms with Crippen molar-refractivity contribution < 1.29 is 9.53 Å². The van der Waals surface area contributed by atoms with Crippen molar-refractivity contribution in [2.45, 2.75) is 25.3 Å². The molecule has 2 N–H and O–H groups in total. The van der Waals surface area contributed by atoms with Crippen molar-refractivity contribution in [2.75, 3.05) is 18.5 Å². The molecule has 1 aromatic rings. The molecule has 1 atom stereocenters. The summed E-state index contributed by atoms with van der Waals surface area (Å²) < 4.78 is 5.16. The average Bonchev–Trinajstić information content (AvgIpc) is 2.47. The summed E-state index contributed by atoms with van der Waals surface area (Å²) in [5.74, 6) is 0. The Morgan fingerprint density at radius 3 is 2.84 bits per heavy atom. The largest absolute Gasteiger partial charge is 0.448 e. The Hall–Kier alpha value is -2.06. The molecule has 1 aliphatic rings. The van der Waals surface area contributed by atoms with Crippen molar-refractivity contribution in [2.24, 2.45) is 0 Å². The molecule has 2 rings (SSSR count). The third kappa shape index (κ3) is 4.27. The number of amides is 1. The first-order valence-corrected chi connectivity index (χ1v) is 6.45. The molecule has 0 bridgehead atoms. The third-order valence-corrected chi connectivity index (χ3v) is 3.09. The van der Waals surface area contributed by atoms with Gasteiger partial charge in [0.2, 0.25) is 0 Å². The second kappa shape index (κ2) is 6.76. The summed E-state index contributed by atoms with van der Waals surface area (Å²) in [6.45, 7) is 1.38. The van der Waals surface area contributed by atoms with Crippen LogP contribution in [0.15, 0.2) is 24.3 Å². The highest BCUT2D eigenvalue weighted by Gasteiger charge is 2.14. The van der Waals surface area contributed by atoms with Crippen LogP contribution in [0.1, 0.15) is 24.8 Å². The van der Waals surface area contributed by atoms with E-state index in [1.54, 1.807) is 24.3 Å². The Kier molecular flexibility index (Phi) is 4.76. The summed E-state index contributed by atoms with van der Waals surface area (Å²) in [5, 5.41) is 14.6. The monoisotopic (exact) mass is 259 g/mol. The predicted octanol–water partition coefficient (Wildman–Crippen LogP) is 2.25.